The lowest BCUT2D eigenvalue weighted by Crippen LogP contribution is -2.24. The molecule has 32 heavy (non-hydrogen) atoms. The van der Waals surface area contributed by atoms with Crippen LogP contribution in [0.5, 0.6) is 0 Å². The molecule has 0 unspecified atom stereocenters. The molecule has 0 saturated heterocycles. The van der Waals surface area contributed by atoms with Gasteiger partial charge in [0.1, 0.15) is 5.82 Å². The van der Waals surface area contributed by atoms with Crippen molar-refractivity contribution in [3.63, 3.8) is 0 Å². The fraction of sp³-hybridized carbons (Fsp3) is 0.0417. The smallest absolute Gasteiger partial charge is 0.280 e. The molecule has 4 aromatic rings. The Bertz CT molecular complexity index is 1480. The van der Waals surface area contributed by atoms with E-state index < -0.39 is 21.2 Å². The first-order valence-electron chi connectivity index (χ1n) is 9.53. The topological polar surface area (TPSA) is 86.1 Å². The number of nitrogens with zero attached hydrogens (tertiary/aromatic N) is 2. The van der Waals surface area contributed by atoms with Crippen molar-refractivity contribution in [1.29, 1.82) is 0 Å². The summed E-state index contributed by atoms with van der Waals surface area (Å²) in [5, 5.41) is 4.26. The Morgan fingerprint density at radius 1 is 0.906 bits per heavy atom. The first-order chi connectivity index (χ1) is 15.3. The molecule has 0 bridgehead atoms. The molecule has 1 aromatic heterocycles. The number of benzene rings is 3. The third-order valence-electron chi connectivity index (χ3n) is 5.00. The minimum atomic E-state index is -3.38. The van der Waals surface area contributed by atoms with Gasteiger partial charge in [-0.3, -0.25) is 9.59 Å². The van der Waals surface area contributed by atoms with Crippen molar-refractivity contribution < 1.29 is 17.6 Å². The van der Waals surface area contributed by atoms with Gasteiger partial charge in [0, 0.05) is 17.4 Å². The molecule has 0 atom stereocenters. The van der Waals surface area contributed by atoms with Gasteiger partial charge in [-0.25, -0.2) is 12.8 Å². The number of aldehydes is 1. The Labute approximate surface area is 183 Å². The van der Waals surface area contributed by atoms with Gasteiger partial charge < -0.3 is 0 Å². The molecule has 0 aliphatic heterocycles. The van der Waals surface area contributed by atoms with E-state index in [1.54, 1.807) is 36.4 Å². The summed E-state index contributed by atoms with van der Waals surface area (Å²) < 4.78 is 38.2. The van der Waals surface area contributed by atoms with Crippen molar-refractivity contribution in [2.75, 3.05) is 6.26 Å². The van der Waals surface area contributed by atoms with Crippen LogP contribution in [0.2, 0.25) is 0 Å². The van der Waals surface area contributed by atoms with Crippen LogP contribution in [0.25, 0.3) is 27.9 Å². The Morgan fingerprint density at radius 3 is 2.16 bits per heavy atom. The molecule has 0 amide bonds. The molecular formula is C24H17FN2O4S. The maximum absolute atomic E-state index is 13.5. The number of hydrogen-bond donors (Lipinski definition) is 0. The lowest BCUT2D eigenvalue weighted by atomic mass is 9.97. The number of aromatic nitrogens is 2. The van der Waals surface area contributed by atoms with Crippen molar-refractivity contribution in [2.24, 2.45) is 0 Å². The Balaban J connectivity index is 1.99. The van der Waals surface area contributed by atoms with Crippen LogP contribution in [0, 0.1) is 5.82 Å². The summed E-state index contributed by atoms with van der Waals surface area (Å²) >= 11 is 0. The summed E-state index contributed by atoms with van der Waals surface area (Å²) in [5.74, 6) is -0.450. The van der Waals surface area contributed by atoms with Crippen molar-refractivity contribution in [2.45, 2.75) is 4.90 Å². The second-order valence-electron chi connectivity index (χ2n) is 7.13. The Morgan fingerprint density at radius 2 is 1.53 bits per heavy atom. The van der Waals surface area contributed by atoms with Crippen LogP contribution >= 0.6 is 0 Å². The summed E-state index contributed by atoms with van der Waals surface area (Å²) in [6.45, 7) is 0. The van der Waals surface area contributed by atoms with Crippen LogP contribution in [-0.4, -0.2) is 30.7 Å². The van der Waals surface area contributed by atoms with Crippen LogP contribution < -0.4 is 5.56 Å². The molecule has 4 rings (SSSR count). The maximum atomic E-state index is 13.5. The highest BCUT2D eigenvalue weighted by molar-refractivity contribution is 7.90. The molecule has 160 valence electrons. The quantitative estimate of drug-likeness (QED) is 0.432. The first-order valence-corrected chi connectivity index (χ1v) is 11.4. The number of sulfone groups is 1. The zero-order chi connectivity index (χ0) is 22.9. The van der Waals surface area contributed by atoms with Gasteiger partial charge in [-0.1, -0.05) is 36.4 Å². The van der Waals surface area contributed by atoms with Crippen LogP contribution in [0.4, 0.5) is 4.39 Å². The van der Waals surface area contributed by atoms with Gasteiger partial charge in [-0.05, 0) is 47.5 Å². The minimum Gasteiger partial charge on any atom is -0.298 e. The van der Waals surface area contributed by atoms with E-state index in [-0.39, 0.29) is 16.0 Å². The molecule has 0 aliphatic rings. The minimum absolute atomic E-state index is 0.144. The van der Waals surface area contributed by atoms with E-state index in [0.717, 1.165) is 10.9 Å². The molecule has 6 nitrogen and oxygen atoms in total. The van der Waals surface area contributed by atoms with E-state index in [1.165, 1.54) is 42.6 Å². The number of rotatable bonds is 5. The molecule has 0 fully saturated rings. The molecule has 0 aliphatic carbocycles. The Hall–Kier alpha value is -3.91. The van der Waals surface area contributed by atoms with Gasteiger partial charge in [0.15, 0.2) is 16.1 Å². The third kappa shape index (κ3) is 4.00. The van der Waals surface area contributed by atoms with Crippen LogP contribution in [-0.2, 0) is 9.84 Å². The van der Waals surface area contributed by atoms with Crippen molar-refractivity contribution in [3.05, 3.63) is 101 Å². The van der Waals surface area contributed by atoms with E-state index >= 15 is 0 Å². The summed E-state index contributed by atoms with van der Waals surface area (Å²) in [6, 6.07) is 18.1. The van der Waals surface area contributed by atoms with Gasteiger partial charge in [-0.15, -0.1) is 0 Å². The van der Waals surface area contributed by atoms with Crippen LogP contribution in [0.1, 0.15) is 10.4 Å². The lowest BCUT2D eigenvalue weighted by molar-refractivity contribution is 0.112. The van der Waals surface area contributed by atoms with Crippen molar-refractivity contribution in [1.82, 2.24) is 9.78 Å². The zero-order valence-electron chi connectivity index (χ0n) is 16.9. The molecule has 8 heteroatoms. The third-order valence-corrected chi connectivity index (χ3v) is 6.12. The van der Waals surface area contributed by atoms with E-state index in [9.17, 15) is 22.4 Å². The van der Waals surface area contributed by atoms with Gasteiger partial charge in [0.05, 0.1) is 22.3 Å². The highest BCUT2D eigenvalue weighted by atomic mass is 32.2. The molecule has 3 aromatic carbocycles. The average Bonchev–Trinajstić information content (AvgIpc) is 2.79. The molecule has 0 saturated carbocycles. The molecule has 0 spiro atoms. The molecular weight excluding hydrogens is 431 g/mol. The predicted octanol–water partition coefficient (Wildman–Crippen LogP) is 3.92. The van der Waals surface area contributed by atoms with E-state index in [2.05, 4.69) is 5.10 Å². The molecule has 1 heterocycles. The normalized spacial score (nSPS) is 11.3. The van der Waals surface area contributed by atoms with Gasteiger partial charge in [0.25, 0.3) is 5.56 Å². The Kier molecular flexibility index (Phi) is 5.54. The largest absolute Gasteiger partial charge is 0.298 e. The van der Waals surface area contributed by atoms with Gasteiger partial charge >= 0.3 is 0 Å². The van der Waals surface area contributed by atoms with E-state index in [0.29, 0.717) is 28.7 Å². The highest BCUT2D eigenvalue weighted by Crippen LogP contribution is 2.30. The van der Waals surface area contributed by atoms with Crippen molar-refractivity contribution >= 4 is 16.1 Å². The fourth-order valence-electron chi connectivity index (χ4n) is 3.40. The maximum Gasteiger partial charge on any atom is 0.280 e. The summed E-state index contributed by atoms with van der Waals surface area (Å²) in [6.07, 6.45) is 3.22. The predicted molar refractivity (Wildman–Crippen MR) is 119 cm³/mol. The fourth-order valence-corrected chi connectivity index (χ4v) is 4.03. The number of halogens is 1. The summed E-state index contributed by atoms with van der Waals surface area (Å²) in [4.78, 5) is 25.2. The van der Waals surface area contributed by atoms with E-state index in [4.69, 9.17) is 0 Å². The van der Waals surface area contributed by atoms with E-state index in [1.807, 2.05) is 0 Å². The monoisotopic (exact) mass is 448 g/mol. The second-order valence-corrected chi connectivity index (χ2v) is 9.15. The molecule has 0 radical (unpaired) electrons. The highest BCUT2D eigenvalue weighted by Gasteiger charge is 2.18. The van der Waals surface area contributed by atoms with Gasteiger partial charge in [0.2, 0.25) is 0 Å². The number of hydrogen-bond acceptors (Lipinski definition) is 5. The van der Waals surface area contributed by atoms with Crippen molar-refractivity contribution in [3.8, 4) is 27.9 Å². The summed E-state index contributed by atoms with van der Waals surface area (Å²) in [7, 11) is -3.38. The standard InChI is InChI=1S/C24H17FN2O4S/c1-32(30,31)20-12-8-16(9-13-20)21-14-26-27(22-5-3-2-4-18(22)15-28)24(29)23(21)17-6-10-19(25)11-7-17/h2-15H,1H3. The summed E-state index contributed by atoms with van der Waals surface area (Å²) in [5.41, 5.74) is 1.81. The average molecular weight is 448 g/mol. The zero-order valence-corrected chi connectivity index (χ0v) is 17.7. The van der Waals surface area contributed by atoms with Crippen LogP contribution in [0.15, 0.2) is 88.7 Å². The first kappa shape index (κ1) is 21.3. The second kappa shape index (κ2) is 8.32. The molecule has 0 N–H and O–H groups in total. The van der Waals surface area contributed by atoms with Crippen LogP contribution in [0.3, 0.4) is 0 Å². The number of para-hydroxylation sites is 1. The van der Waals surface area contributed by atoms with Gasteiger partial charge in [-0.2, -0.15) is 9.78 Å². The number of carbonyl (C=O) groups is 1. The SMILES string of the molecule is CS(=O)(=O)c1ccc(-c2cnn(-c3ccccc3C=O)c(=O)c2-c2ccc(F)cc2)cc1. The number of carbonyl (C=O) groups excluding carboxylic acids is 1. The lowest BCUT2D eigenvalue weighted by Gasteiger charge is -2.14.